The van der Waals surface area contributed by atoms with Gasteiger partial charge in [-0.15, -0.1) is 0 Å². The van der Waals surface area contributed by atoms with Gasteiger partial charge in [0, 0.05) is 24.2 Å². The van der Waals surface area contributed by atoms with Crippen LogP contribution >= 0.6 is 0 Å². The van der Waals surface area contributed by atoms with E-state index in [1.165, 1.54) is 31.3 Å². The second kappa shape index (κ2) is 7.11. The van der Waals surface area contributed by atoms with Crippen LogP contribution in [-0.4, -0.2) is 20.8 Å². The average molecular weight is 372 g/mol. The second-order valence-corrected chi connectivity index (χ2v) is 5.87. The molecule has 138 valence electrons. The van der Waals surface area contributed by atoms with Gasteiger partial charge in [0.15, 0.2) is 0 Å². The SMILES string of the molecule is CC(=O)n1cc(/C=C/c2ccc(C(F)(F)F)cc2)c(-c2ccccc2O)n1. The Kier molecular flexibility index (Phi) is 4.85. The molecule has 0 fully saturated rings. The molecule has 3 aromatic rings. The number of halogens is 3. The molecule has 0 spiro atoms. The van der Waals surface area contributed by atoms with Crippen LogP contribution in [0.4, 0.5) is 13.2 Å². The Morgan fingerprint density at radius 2 is 1.74 bits per heavy atom. The van der Waals surface area contributed by atoms with E-state index in [-0.39, 0.29) is 11.7 Å². The van der Waals surface area contributed by atoms with Crippen LogP contribution in [-0.2, 0) is 6.18 Å². The molecule has 2 aromatic carbocycles. The summed E-state index contributed by atoms with van der Waals surface area (Å²) in [6.07, 6.45) is 0.371. The molecule has 0 aliphatic rings. The predicted molar refractivity (Wildman–Crippen MR) is 96.0 cm³/mol. The van der Waals surface area contributed by atoms with E-state index in [9.17, 15) is 23.1 Å². The van der Waals surface area contributed by atoms with E-state index in [4.69, 9.17) is 0 Å². The van der Waals surface area contributed by atoms with E-state index in [0.29, 0.717) is 22.4 Å². The summed E-state index contributed by atoms with van der Waals surface area (Å²) in [5.74, 6) is -0.295. The summed E-state index contributed by atoms with van der Waals surface area (Å²) in [5, 5.41) is 14.3. The highest BCUT2D eigenvalue weighted by atomic mass is 19.4. The van der Waals surface area contributed by atoms with E-state index in [1.54, 1.807) is 30.4 Å². The summed E-state index contributed by atoms with van der Waals surface area (Å²) < 4.78 is 39.1. The van der Waals surface area contributed by atoms with Crippen molar-refractivity contribution in [1.82, 2.24) is 9.78 Å². The molecule has 0 amide bonds. The fourth-order valence-electron chi connectivity index (χ4n) is 2.52. The topological polar surface area (TPSA) is 55.1 Å². The molecule has 27 heavy (non-hydrogen) atoms. The van der Waals surface area contributed by atoms with Gasteiger partial charge in [-0.2, -0.15) is 18.3 Å². The maximum Gasteiger partial charge on any atom is 0.416 e. The van der Waals surface area contributed by atoms with Gasteiger partial charge in [0.25, 0.3) is 0 Å². The molecule has 3 rings (SSSR count). The minimum Gasteiger partial charge on any atom is -0.507 e. The standard InChI is InChI=1S/C20H15F3N2O2/c1-13(26)25-12-15(19(24-25)17-4-2-3-5-18(17)27)9-6-14-7-10-16(11-8-14)20(21,22)23/h2-12,27H,1H3/b9-6+. The fourth-order valence-corrected chi connectivity index (χ4v) is 2.52. The van der Waals surface area contributed by atoms with Crippen molar-refractivity contribution in [3.05, 3.63) is 71.4 Å². The maximum atomic E-state index is 12.6. The lowest BCUT2D eigenvalue weighted by atomic mass is 10.1. The van der Waals surface area contributed by atoms with Crippen LogP contribution in [0.15, 0.2) is 54.7 Å². The van der Waals surface area contributed by atoms with Crippen LogP contribution in [0.3, 0.4) is 0 Å². The van der Waals surface area contributed by atoms with Crippen LogP contribution in [0.2, 0.25) is 0 Å². The van der Waals surface area contributed by atoms with Crippen LogP contribution in [0, 0.1) is 0 Å². The van der Waals surface area contributed by atoms with E-state index in [1.807, 2.05) is 0 Å². The second-order valence-electron chi connectivity index (χ2n) is 5.87. The van der Waals surface area contributed by atoms with Gasteiger partial charge < -0.3 is 5.11 Å². The highest BCUT2D eigenvalue weighted by Crippen LogP contribution is 2.32. The number of nitrogens with zero attached hydrogens (tertiary/aromatic N) is 2. The maximum absolute atomic E-state index is 12.6. The number of aromatic nitrogens is 2. The zero-order valence-corrected chi connectivity index (χ0v) is 14.2. The minimum atomic E-state index is -4.39. The molecule has 4 nitrogen and oxygen atoms in total. The van der Waals surface area contributed by atoms with Crippen molar-refractivity contribution in [2.45, 2.75) is 13.1 Å². The van der Waals surface area contributed by atoms with Gasteiger partial charge in [-0.1, -0.05) is 36.4 Å². The third-order valence-corrected chi connectivity index (χ3v) is 3.92. The summed E-state index contributed by atoms with van der Waals surface area (Å²) in [7, 11) is 0. The van der Waals surface area contributed by atoms with Gasteiger partial charge in [0.05, 0.1) is 5.56 Å². The number of phenolic OH excluding ortho intramolecular Hbond substituents is 1. The molecule has 0 radical (unpaired) electrons. The molecule has 0 aliphatic heterocycles. The monoisotopic (exact) mass is 372 g/mol. The van der Waals surface area contributed by atoms with Gasteiger partial charge in [-0.05, 0) is 29.8 Å². The number of hydrogen-bond acceptors (Lipinski definition) is 3. The van der Waals surface area contributed by atoms with Gasteiger partial charge in [-0.3, -0.25) is 4.79 Å². The first-order valence-electron chi connectivity index (χ1n) is 8.00. The van der Waals surface area contributed by atoms with Gasteiger partial charge in [-0.25, -0.2) is 4.68 Å². The van der Waals surface area contributed by atoms with Crippen molar-refractivity contribution in [3.8, 4) is 17.0 Å². The zero-order valence-electron chi connectivity index (χ0n) is 14.2. The highest BCUT2D eigenvalue weighted by molar-refractivity contribution is 5.84. The van der Waals surface area contributed by atoms with Gasteiger partial charge in [0.1, 0.15) is 11.4 Å². The molecule has 0 saturated carbocycles. The number of aromatic hydroxyl groups is 1. The molecule has 0 saturated heterocycles. The quantitative estimate of drug-likeness (QED) is 0.695. The lowest BCUT2D eigenvalue weighted by Gasteiger charge is -2.06. The number of carbonyl (C=O) groups is 1. The zero-order chi connectivity index (χ0) is 19.6. The van der Waals surface area contributed by atoms with E-state index < -0.39 is 11.7 Å². The molecule has 1 N–H and O–H groups in total. The molecule has 7 heteroatoms. The Morgan fingerprint density at radius 1 is 1.07 bits per heavy atom. The molecular weight excluding hydrogens is 357 g/mol. The predicted octanol–water partition coefficient (Wildman–Crippen LogP) is 5.11. The number of carbonyl (C=O) groups excluding carboxylic acids is 1. The summed E-state index contributed by atoms with van der Waals surface area (Å²) >= 11 is 0. The summed E-state index contributed by atoms with van der Waals surface area (Å²) in [5.41, 5.74) is 1.23. The molecule has 0 bridgehead atoms. The normalized spacial score (nSPS) is 11.9. The number of alkyl halides is 3. The van der Waals surface area contributed by atoms with E-state index >= 15 is 0 Å². The Labute approximate surface area is 153 Å². The van der Waals surface area contributed by atoms with Gasteiger partial charge >= 0.3 is 6.18 Å². The third-order valence-electron chi connectivity index (χ3n) is 3.92. The van der Waals surface area contributed by atoms with Crippen molar-refractivity contribution in [1.29, 1.82) is 0 Å². The third kappa shape index (κ3) is 4.08. The van der Waals surface area contributed by atoms with E-state index in [2.05, 4.69) is 5.10 Å². The largest absolute Gasteiger partial charge is 0.507 e. The smallest absolute Gasteiger partial charge is 0.416 e. The Morgan fingerprint density at radius 3 is 2.33 bits per heavy atom. The van der Waals surface area contributed by atoms with Crippen molar-refractivity contribution in [2.75, 3.05) is 0 Å². The van der Waals surface area contributed by atoms with E-state index in [0.717, 1.165) is 16.8 Å². The van der Waals surface area contributed by atoms with Gasteiger partial charge in [0.2, 0.25) is 5.91 Å². The first-order valence-corrected chi connectivity index (χ1v) is 8.00. The lowest BCUT2D eigenvalue weighted by Crippen LogP contribution is -2.05. The minimum absolute atomic E-state index is 0.00971. The first-order chi connectivity index (χ1) is 12.8. The molecule has 0 atom stereocenters. The van der Waals surface area contributed by atoms with Crippen molar-refractivity contribution < 1.29 is 23.1 Å². The Hall–Kier alpha value is -3.35. The van der Waals surface area contributed by atoms with Crippen molar-refractivity contribution in [2.24, 2.45) is 0 Å². The van der Waals surface area contributed by atoms with Crippen molar-refractivity contribution >= 4 is 18.1 Å². The summed E-state index contributed by atoms with van der Waals surface area (Å²) in [6, 6.07) is 11.3. The number of hydrogen-bond donors (Lipinski definition) is 1. The lowest BCUT2D eigenvalue weighted by molar-refractivity contribution is -0.137. The average Bonchev–Trinajstić information content (AvgIpc) is 3.04. The van der Waals surface area contributed by atoms with Crippen LogP contribution < -0.4 is 0 Å². The van der Waals surface area contributed by atoms with Crippen molar-refractivity contribution in [3.63, 3.8) is 0 Å². The Balaban J connectivity index is 1.98. The Bertz CT molecular complexity index is 1000. The fraction of sp³-hybridized carbons (Fsp3) is 0.100. The number of rotatable bonds is 3. The molecule has 0 aliphatic carbocycles. The highest BCUT2D eigenvalue weighted by Gasteiger charge is 2.29. The summed E-state index contributed by atoms with van der Waals surface area (Å²) in [4.78, 5) is 11.6. The molecular formula is C20H15F3N2O2. The van der Waals surface area contributed by atoms with Crippen LogP contribution in [0.5, 0.6) is 5.75 Å². The summed E-state index contributed by atoms with van der Waals surface area (Å²) in [6.45, 7) is 1.35. The molecule has 1 heterocycles. The first kappa shape index (κ1) is 18.4. The number of benzene rings is 2. The number of phenols is 1. The van der Waals surface area contributed by atoms with Crippen LogP contribution in [0.25, 0.3) is 23.4 Å². The number of para-hydroxylation sites is 1. The molecule has 1 aromatic heterocycles. The molecule has 0 unspecified atom stereocenters. The van der Waals surface area contributed by atoms with Crippen LogP contribution in [0.1, 0.15) is 28.4 Å².